The van der Waals surface area contributed by atoms with E-state index in [4.69, 9.17) is 23.2 Å². The van der Waals surface area contributed by atoms with Crippen molar-refractivity contribution < 1.29 is 19.3 Å². The Bertz CT molecular complexity index is 1310. The second kappa shape index (κ2) is 8.29. The van der Waals surface area contributed by atoms with Crippen LogP contribution in [0.5, 0.6) is 0 Å². The third-order valence-corrected chi connectivity index (χ3v) is 5.23. The molecule has 0 spiro atoms. The highest BCUT2D eigenvalue weighted by Gasteiger charge is 2.37. The molecule has 160 valence electrons. The molecule has 1 aromatic heterocycles. The summed E-state index contributed by atoms with van der Waals surface area (Å²) in [4.78, 5) is 49.2. The second-order valence-electron chi connectivity index (χ2n) is 6.63. The number of nitrogens with zero attached hydrogens (tertiary/aromatic N) is 3. The molecule has 0 atom stereocenters. The highest BCUT2D eigenvalue weighted by molar-refractivity contribution is 6.39. The van der Waals surface area contributed by atoms with Crippen LogP contribution in [0.2, 0.25) is 10.0 Å². The molecule has 0 unspecified atom stereocenters. The maximum atomic E-state index is 13.0. The second-order valence-corrected chi connectivity index (χ2v) is 7.47. The summed E-state index contributed by atoms with van der Waals surface area (Å²) in [6, 6.07) is 12.2. The van der Waals surface area contributed by atoms with E-state index < -0.39 is 22.8 Å². The average Bonchev–Trinajstić information content (AvgIpc) is 3.20. The molecule has 9 nitrogen and oxygen atoms in total. The van der Waals surface area contributed by atoms with Crippen molar-refractivity contribution in [3.63, 3.8) is 0 Å². The Kier molecular flexibility index (Phi) is 5.52. The number of aromatic nitrogens is 1. The molecule has 0 bridgehead atoms. The van der Waals surface area contributed by atoms with Crippen molar-refractivity contribution in [3.8, 4) is 5.69 Å². The summed E-state index contributed by atoms with van der Waals surface area (Å²) in [6.07, 6.45) is 2.85. The molecule has 0 radical (unpaired) electrons. The maximum absolute atomic E-state index is 13.0. The van der Waals surface area contributed by atoms with Crippen molar-refractivity contribution >= 4 is 58.5 Å². The number of nitro benzene ring substituents is 1. The molecule has 1 aliphatic heterocycles. The van der Waals surface area contributed by atoms with Gasteiger partial charge in [-0.15, -0.1) is 0 Å². The fourth-order valence-electron chi connectivity index (χ4n) is 3.16. The number of imide groups is 2. The van der Waals surface area contributed by atoms with Gasteiger partial charge in [0.15, 0.2) is 0 Å². The summed E-state index contributed by atoms with van der Waals surface area (Å²) in [5, 5.41) is 13.9. The van der Waals surface area contributed by atoms with Gasteiger partial charge in [0.05, 0.1) is 21.3 Å². The molecule has 1 saturated heterocycles. The van der Waals surface area contributed by atoms with Crippen molar-refractivity contribution in [1.82, 2.24) is 9.88 Å². The fourth-order valence-corrected chi connectivity index (χ4v) is 3.49. The van der Waals surface area contributed by atoms with Crippen molar-refractivity contribution in [2.45, 2.75) is 0 Å². The smallest absolute Gasteiger partial charge is 0.315 e. The van der Waals surface area contributed by atoms with E-state index in [1.807, 2.05) is 0 Å². The molecule has 2 heterocycles. The van der Waals surface area contributed by atoms with E-state index in [0.29, 0.717) is 10.7 Å². The van der Waals surface area contributed by atoms with Gasteiger partial charge in [-0.3, -0.25) is 25.0 Å². The van der Waals surface area contributed by atoms with Crippen LogP contribution in [0.3, 0.4) is 0 Å². The Morgan fingerprint density at radius 3 is 2.41 bits per heavy atom. The molecule has 3 aromatic rings. The third kappa shape index (κ3) is 3.86. The number of nitrogens with one attached hydrogen (secondary N) is 1. The van der Waals surface area contributed by atoms with Gasteiger partial charge < -0.3 is 4.57 Å². The Balaban J connectivity index is 1.77. The predicted octanol–water partition coefficient (Wildman–Crippen LogP) is 4.36. The van der Waals surface area contributed by atoms with Gasteiger partial charge in [0, 0.05) is 29.0 Å². The van der Waals surface area contributed by atoms with Crippen molar-refractivity contribution in [2.75, 3.05) is 4.90 Å². The van der Waals surface area contributed by atoms with E-state index in [1.165, 1.54) is 53.1 Å². The summed E-state index contributed by atoms with van der Waals surface area (Å²) in [5.41, 5.74) is 0.375. The minimum absolute atomic E-state index is 0.178. The van der Waals surface area contributed by atoms with Gasteiger partial charge in [-0.1, -0.05) is 23.2 Å². The van der Waals surface area contributed by atoms with Crippen LogP contribution in [0.4, 0.5) is 16.2 Å². The molecule has 1 fully saturated rings. The van der Waals surface area contributed by atoms with Gasteiger partial charge in [0.1, 0.15) is 5.57 Å². The number of carbonyl (C=O) groups is 3. The average molecular weight is 471 g/mol. The zero-order valence-electron chi connectivity index (χ0n) is 16.0. The van der Waals surface area contributed by atoms with Crippen LogP contribution in [0.25, 0.3) is 11.8 Å². The third-order valence-electron chi connectivity index (χ3n) is 4.66. The molecular weight excluding hydrogens is 459 g/mol. The Morgan fingerprint density at radius 2 is 1.72 bits per heavy atom. The number of benzene rings is 2. The minimum atomic E-state index is -0.892. The first kappa shape index (κ1) is 21.3. The first-order chi connectivity index (χ1) is 15.3. The summed E-state index contributed by atoms with van der Waals surface area (Å²) < 4.78 is 1.49. The molecule has 0 saturated carbocycles. The number of barbiturate groups is 1. The van der Waals surface area contributed by atoms with Crippen molar-refractivity contribution in [2.24, 2.45) is 0 Å². The van der Waals surface area contributed by atoms with Crippen LogP contribution in [0.1, 0.15) is 5.69 Å². The Hall–Kier alpha value is -3.95. The molecule has 1 aliphatic rings. The van der Waals surface area contributed by atoms with Crippen LogP contribution in [0.15, 0.2) is 66.4 Å². The van der Waals surface area contributed by atoms with Gasteiger partial charge >= 0.3 is 6.03 Å². The number of non-ortho nitro benzene ring substituents is 1. The summed E-state index contributed by atoms with van der Waals surface area (Å²) in [6.45, 7) is 0. The van der Waals surface area contributed by atoms with Crippen molar-refractivity contribution in [3.05, 3.63) is 92.2 Å². The molecular formula is C21H12Cl2N4O5. The van der Waals surface area contributed by atoms with Crippen LogP contribution in [-0.4, -0.2) is 27.3 Å². The number of hydrogen-bond donors (Lipinski definition) is 1. The zero-order valence-corrected chi connectivity index (χ0v) is 17.5. The topological polar surface area (TPSA) is 115 Å². The summed E-state index contributed by atoms with van der Waals surface area (Å²) >= 11 is 12.1. The van der Waals surface area contributed by atoms with E-state index in [9.17, 15) is 24.5 Å². The highest BCUT2D eigenvalue weighted by Crippen LogP contribution is 2.29. The lowest BCUT2D eigenvalue weighted by atomic mass is 10.1. The molecule has 1 N–H and O–H groups in total. The largest absolute Gasteiger partial charge is 0.335 e. The lowest BCUT2D eigenvalue weighted by molar-refractivity contribution is -0.384. The standard InChI is InChI=1S/C21H12Cl2N4O5/c22-12-3-5-13(6-4-12)26-20(29)16(19(28)24-21(26)30)10-14-2-1-9-25(14)18-11-15(27(31)32)7-8-17(18)23/h1-11H,(H,24,28,30)/b16-10-. The fraction of sp³-hybridized carbons (Fsp3) is 0. The number of nitro groups is 1. The number of hydrogen-bond acceptors (Lipinski definition) is 5. The first-order valence-electron chi connectivity index (χ1n) is 9.05. The lowest BCUT2D eigenvalue weighted by Crippen LogP contribution is -2.54. The monoisotopic (exact) mass is 470 g/mol. The Morgan fingerprint density at radius 1 is 1.00 bits per heavy atom. The van der Waals surface area contributed by atoms with Crippen molar-refractivity contribution in [1.29, 1.82) is 0 Å². The molecule has 2 aromatic carbocycles. The van der Waals surface area contributed by atoms with Gasteiger partial charge in [0.25, 0.3) is 17.5 Å². The number of amides is 4. The molecule has 0 aliphatic carbocycles. The maximum Gasteiger partial charge on any atom is 0.335 e. The number of rotatable bonds is 4. The minimum Gasteiger partial charge on any atom is -0.315 e. The van der Waals surface area contributed by atoms with E-state index in [-0.39, 0.29) is 27.7 Å². The Labute approximate surface area is 190 Å². The zero-order chi connectivity index (χ0) is 23.0. The normalized spacial score (nSPS) is 15.2. The SMILES string of the molecule is O=C1NC(=O)N(c2ccc(Cl)cc2)C(=O)/C1=C\c1cccn1-c1cc([N+](=O)[O-])ccc1Cl. The highest BCUT2D eigenvalue weighted by atomic mass is 35.5. The molecule has 32 heavy (non-hydrogen) atoms. The molecule has 11 heteroatoms. The molecule has 4 amide bonds. The van der Waals surface area contributed by atoms with Gasteiger partial charge in [-0.05, 0) is 48.5 Å². The van der Waals surface area contributed by atoms with E-state index in [1.54, 1.807) is 18.3 Å². The van der Waals surface area contributed by atoms with Gasteiger partial charge in [-0.2, -0.15) is 0 Å². The van der Waals surface area contributed by atoms with Gasteiger partial charge in [-0.25, -0.2) is 9.69 Å². The van der Waals surface area contributed by atoms with E-state index in [2.05, 4.69) is 5.32 Å². The van der Waals surface area contributed by atoms with Crippen LogP contribution in [-0.2, 0) is 9.59 Å². The summed E-state index contributed by atoms with van der Waals surface area (Å²) in [7, 11) is 0. The van der Waals surface area contributed by atoms with E-state index in [0.717, 1.165) is 4.90 Å². The van der Waals surface area contributed by atoms with Crippen LogP contribution >= 0.6 is 23.2 Å². The first-order valence-corrected chi connectivity index (χ1v) is 9.80. The van der Waals surface area contributed by atoms with E-state index >= 15 is 0 Å². The predicted molar refractivity (Wildman–Crippen MR) is 118 cm³/mol. The van der Waals surface area contributed by atoms with Crippen LogP contribution < -0.4 is 10.2 Å². The van der Waals surface area contributed by atoms with Crippen LogP contribution in [0, 0.1) is 10.1 Å². The van der Waals surface area contributed by atoms with Gasteiger partial charge in [0.2, 0.25) is 0 Å². The summed E-state index contributed by atoms with van der Waals surface area (Å²) in [5.74, 6) is -1.71. The molecule has 4 rings (SSSR count). The number of halogens is 2. The number of urea groups is 1. The number of carbonyl (C=O) groups excluding carboxylic acids is 3. The number of anilines is 1. The quantitative estimate of drug-likeness (QED) is 0.263. The lowest BCUT2D eigenvalue weighted by Gasteiger charge is -2.26.